The van der Waals surface area contributed by atoms with Crippen molar-refractivity contribution in [2.24, 2.45) is 0 Å². The normalized spacial score (nSPS) is 11.3. The Balaban J connectivity index is 1.92. The number of rotatable bonds is 2. The number of thiophene rings is 1. The van der Waals surface area contributed by atoms with E-state index in [0.29, 0.717) is 10.6 Å². The lowest BCUT2D eigenvalue weighted by Crippen LogP contribution is -1.98. The Kier molecular flexibility index (Phi) is 2.84. The predicted octanol–water partition coefficient (Wildman–Crippen LogP) is 5.27. The summed E-state index contributed by atoms with van der Waals surface area (Å²) in [6.45, 7) is 0. The van der Waals surface area contributed by atoms with Gasteiger partial charge in [0, 0.05) is 48.7 Å². The first-order valence-electron chi connectivity index (χ1n) is 6.51. The van der Waals surface area contributed by atoms with Gasteiger partial charge in [0.25, 0.3) is 0 Å². The van der Waals surface area contributed by atoms with Gasteiger partial charge in [0.15, 0.2) is 5.78 Å². The van der Waals surface area contributed by atoms with Crippen molar-refractivity contribution in [1.82, 2.24) is 4.98 Å². The fourth-order valence-electron chi connectivity index (χ4n) is 2.58. The number of halogens is 1. The summed E-state index contributed by atoms with van der Waals surface area (Å²) in [4.78, 5) is 16.0. The highest BCUT2D eigenvalue weighted by Gasteiger charge is 2.17. The minimum atomic E-state index is 0.0287. The molecule has 0 saturated carbocycles. The summed E-state index contributed by atoms with van der Waals surface area (Å²) in [7, 11) is 0. The van der Waals surface area contributed by atoms with Crippen molar-refractivity contribution in [3.8, 4) is 0 Å². The molecule has 2 nitrogen and oxygen atoms in total. The summed E-state index contributed by atoms with van der Waals surface area (Å²) in [5.74, 6) is 0.0287. The molecule has 4 rings (SSSR count). The minimum Gasteiger partial charge on any atom is -0.360 e. The monoisotopic (exact) mass is 311 g/mol. The smallest absolute Gasteiger partial charge is 0.196 e. The Labute approximate surface area is 130 Å². The lowest BCUT2D eigenvalue weighted by Gasteiger charge is -1.99. The van der Waals surface area contributed by atoms with Gasteiger partial charge < -0.3 is 4.98 Å². The van der Waals surface area contributed by atoms with Crippen LogP contribution in [0.3, 0.4) is 0 Å². The number of carbonyl (C=O) groups is 1. The van der Waals surface area contributed by atoms with Gasteiger partial charge in [-0.25, -0.2) is 0 Å². The third-order valence-electron chi connectivity index (χ3n) is 3.61. The van der Waals surface area contributed by atoms with Gasteiger partial charge in [-0.05, 0) is 24.3 Å². The molecule has 2 aromatic heterocycles. The topological polar surface area (TPSA) is 32.9 Å². The van der Waals surface area contributed by atoms with E-state index in [9.17, 15) is 4.79 Å². The molecule has 1 N–H and O–H groups in total. The van der Waals surface area contributed by atoms with Gasteiger partial charge in [-0.2, -0.15) is 0 Å². The first-order valence-corrected chi connectivity index (χ1v) is 7.77. The molecule has 0 saturated heterocycles. The third kappa shape index (κ3) is 1.97. The second kappa shape index (κ2) is 4.72. The van der Waals surface area contributed by atoms with E-state index in [1.807, 2.05) is 47.8 Å². The predicted molar refractivity (Wildman–Crippen MR) is 88.6 cm³/mol. The average molecular weight is 312 g/mol. The SMILES string of the molecule is O=C(c1c[nH]c2ccc(Cl)cc12)c1csc2ccccc12. The Morgan fingerprint density at radius 1 is 1.05 bits per heavy atom. The van der Waals surface area contributed by atoms with E-state index in [1.165, 1.54) is 0 Å². The molecule has 102 valence electrons. The number of nitrogens with one attached hydrogen (secondary N) is 1. The number of fused-ring (bicyclic) bond motifs is 2. The number of hydrogen-bond donors (Lipinski definition) is 1. The summed E-state index contributed by atoms with van der Waals surface area (Å²) in [5.41, 5.74) is 2.33. The molecule has 4 aromatic rings. The minimum absolute atomic E-state index is 0.0287. The van der Waals surface area contributed by atoms with Crippen molar-refractivity contribution in [2.75, 3.05) is 0 Å². The largest absolute Gasteiger partial charge is 0.360 e. The number of aromatic nitrogens is 1. The van der Waals surface area contributed by atoms with Gasteiger partial charge in [-0.15, -0.1) is 11.3 Å². The summed E-state index contributed by atoms with van der Waals surface area (Å²) < 4.78 is 1.12. The molecule has 0 unspecified atom stereocenters. The van der Waals surface area contributed by atoms with Crippen LogP contribution in [0.1, 0.15) is 15.9 Å². The first kappa shape index (κ1) is 12.6. The quantitative estimate of drug-likeness (QED) is 0.503. The van der Waals surface area contributed by atoms with Crippen LogP contribution in [0.15, 0.2) is 54.0 Å². The number of ketones is 1. The van der Waals surface area contributed by atoms with Crippen LogP contribution >= 0.6 is 22.9 Å². The molecule has 2 heterocycles. The molecular weight excluding hydrogens is 302 g/mol. The van der Waals surface area contributed by atoms with E-state index in [0.717, 1.165) is 26.6 Å². The number of benzene rings is 2. The first-order chi connectivity index (χ1) is 10.2. The zero-order valence-electron chi connectivity index (χ0n) is 10.9. The number of aromatic amines is 1. The summed E-state index contributed by atoms with van der Waals surface area (Å²) in [5, 5.41) is 4.43. The number of H-pyrrole nitrogens is 1. The van der Waals surface area contributed by atoms with E-state index in [1.54, 1.807) is 17.5 Å². The van der Waals surface area contributed by atoms with Crippen LogP contribution < -0.4 is 0 Å². The van der Waals surface area contributed by atoms with Crippen LogP contribution in [0.25, 0.3) is 21.0 Å². The van der Waals surface area contributed by atoms with Crippen LogP contribution in [0.5, 0.6) is 0 Å². The summed E-state index contributed by atoms with van der Waals surface area (Å²) in [6.07, 6.45) is 1.76. The Bertz CT molecular complexity index is 983. The Morgan fingerprint density at radius 2 is 1.90 bits per heavy atom. The van der Waals surface area contributed by atoms with Crippen molar-refractivity contribution < 1.29 is 4.79 Å². The highest BCUT2D eigenvalue weighted by atomic mass is 35.5. The van der Waals surface area contributed by atoms with E-state index in [4.69, 9.17) is 11.6 Å². The Morgan fingerprint density at radius 3 is 2.81 bits per heavy atom. The van der Waals surface area contributed by atoms with Gasteiger partial charge in [0.05, 0.1) is 0 Å². The fourth-order valence-corrected chi connectivity index (χ4v) is 3.69. The lowest BCUT2D eigenvalue weighted by molar-refractivity contribution is 0.104. The molecule has 0 spiro atoms. The summed E-state index contributed by atoms with van der Waals surface area (Å²) in [6, 6.07) is 13.5. The van der Waals surface area contributed by atoms with Crippen molar-refractivity contribution >= 4 is 49.7 Å². The standard InChI is InChI=1S/C17H10ClNOS/c18-10-5-6-15-12(7-10)13(8-19-15)17(20)14-9-21-16-4-2-1-3-11(14)16/h1-9,19H. The second-order valence-electron chi connectivity index (χ2n) is 4.87. The van der Waals surface area contributed by atoms with Crippen LogP contribution in [0, 0.1) is 0 Å². The van der Waals surface area contributed by atoms with Crippen molar-refractivity contribution in [3.63, 3.8) is 0 Å². The van der Waals surface area contributed by atoms with Crippen molar-refractivity contribution in [1.29, 1.82) is 0 Å². The van der Waals surface area contributed by atoms with Crippen LogP contribution in [0.2, 0.25) is 5.02 Å². The molecule has 0 fully saturated rings. The van der Waals surface area contributed by atoms with Crippen LogP contribution in [-0.2, 0) is 0 Å². The fraction of sp³-hybridized carbons (Fsp3) is 0. The molecule has 0 atom stereocenters. The maximum Gasteiger partial charge on any atom is 0.196 e. The van der Waals surface area contributed by atoms with E-state index in [-0.39, 0.29) is 5.78 Å². The van der Waals surface area contributed by atoms with E-state index in [2.05, 4.69) is 4.98 Å². The van der Waals surface area contributed by atoms with Crippen molar-refractivity contribution in [2.45, 2.75) is 0 Å². The maximum atomic E-state index is 12.9. The molecule has 0 radical (unpaired) electrons. The molecule has 21 heavy (non-hydrogen) atoms. The molecule has 2 aromatic carbocycles. The molecule has 0 amide bonds. The van der Waals surface area contributed by atoms with Crippen LogP contribution in [0.4, 0.5) is 0 Å². The molecule has 0 aliphatic carbocycles. The zero-order valence-corrected chi connectivity index (χ0v) is 12.5. The molecule has 0 aliphatic heterocycles. The maximum absolute atomic E-state index is 12.9. The molecule has 0 aliphatic rings. The van der Waals surface area contributed by atoms with Gasteiger partial charge in [-0.1, -0.05) is 29.8 Å². The number of carbonyl (C=O) groups excluding carboxylic acids is 1. The van der Waals surface area contributed by atoms with Gasteiger partial charge in [-0.3, -0.25) is 4.79 Å². The van der Waals surface area contributed by atoms with Crippen LogP contribution in [-0.4, -0.2) is 10.8 Å². The van der Waals surface area contributed by atoms with E-state index >= 15 is 0 Å². The molecular formula is C17H10ClNOS. The lowest BCUT2D eigenvalue weighted by atomic mass is 10.0. The van der Waals surface area contributed by atoms with Crippen molar-refractivity contribution in [3.05, 3.63) is 70.2 Å². The van der Waals surface area contributed by atoms with Gasteiger partial charge >= 0.3 is 0 Å². The molecule has 0 bridgehead atoms. The Hall–Kier alpha value is -2.10. The third-order valence-corrected chi connectivity index (χ3v) is 4.81. The molecule has 4 heteroatoms. The number of hydrogen-bond acceptors (Lipinski definition) is 2. The second-order valence-corrected chi connectivity index (χ2v) is 6.21. The van der Waals surface area contributed by atoms with Gasteiger partial charge in [0.2, 0.25) is 0 Å². The highest BCUT2D eigenvalue weighted by Crippen LogP contribution is 2.30. The highest BCUT2D eigenvalue weighted by molar-refractivity contribution is 7.17. The zero-order chi connectivity index (χ0) is 14.4. The average Bonchev–Trinajstić information content (AvgIpc) is 3.10. The van der Waals surface area contributed by atoms with E-state index < -0.39 is 0 Å². The summed E-state index contributed by atoms with van der Waals surface area (Å²) >= 11 is 7.64. The van der Waals surface area contributed by atoms with Gasteiger partial charge in [0.1, 0.15) is 0 Å².